The maximum Gasteiger partial charge on any atom is 0.340 e. The van der Waals surface area contributed by atoms with Gasteiger partial charge < -0.3 is 14.8 Å². The van der Waals surface area contributed by atoms with Gasteiger partial charge in [-0.2, -0.15) is 5.26 Å². The highest BCUT2D eigenvalue weighted by Crippen LogP contribution is 2.30. The number of nitriles is 1. The molecule has 7 heteroatoms. The van der Waals surface area contributed by atoms with Crippen molar-refractivity contribution in [2.75, 3.05) is 19.5 Å². The first-order valence-electron chi connectivity index (χ1n) is 8.31. The van der Waals surface area contributed by atoms with E-state index in [4.69, 9.17) is 9.47 Å². The Morgan fingerprint density at radius 1 is 1.30 bits per heavy atom. The molecular weight excluding hydrogens is 364 g/mol. The maximum atomic E-state index is 12.6. The zero-order valence-electron chi connectivity index (χ0n) is 15.4. The van der Waals surface area contributed by atoms with Crippen molar-refractivity contribution in [3.8, 4) is 11.8 Å². The third-order valence-electron chi connectivity index (χ3n) is 3.72. The van der Waals surface area contributed by atoms with E-state index in [9.17, 15) is 14.9 Å². The van der Waals surface area contributed by atoms with Gasteiger partial charge in [0.1, 0.15) is 22.4 Å². The van der Waals surface area contributed by atoms with Gasteiger partial charge in [0, 0.05) is 10.4 Å². The summed E-state index contributed by atoms with van der Waals surface area (Å²) in [5, 5.41) is 12.4. The molecule has 0 fully saturated rings. The van der Waals surface area contributed by atoms with E-state index in [0.29, 0.717) is 16.3 Å². The summed E-state index contributed by atoms with van der Waals surface area (Å²) in [4.78, 5) is 25.5. The average Bonchev–Trinajstić information content (AvgIpc) is 3.08. The summed E-state index contributed by atoms with van der Waals surface area (Å²) < 4.78 is 10.0. The van der Waals surface area contributed by atoms with Crippen LogP contribution in [0.25, 0.3) is 6.08 Å². The fourth-order valence-electron chi connectivity index (χ4n) is 2.43. The summed E-state index contributed by atoms with van der Waals surface area (Å²) in [5.41, 5.74) is 0.799. The molecule has 0 aliphatic carbocycles. The van der Waals surface area contributed by atoms with Gasteiger partial charge in [-0.1, -0.05) is 31.5 Å². The van der Waals surface area contributed by atoms with Crippen molar-refractivity contribution in [2.24, 2.45) is 0 Å². The lowest BCUT2D eigenvalue weighted by molar-refractivity contribution is -0.112. The van der Waals surface area contributed by atoms with Gasteiger partial charge in [0.05, 0.1) is 19.8 Å². The zero-order valence-corrected chi connectivity index (χ0v) is 16.2. The lowest BCUT2D eigenvalue weighted by Gasteiger charge is -2.06. The van der Waals surface area contributed by atoms with E-state index in [0.717, 1.165) is 17.7 Å². The average molecular weight is 384 g/mol. The monoisotopic (exact) mass is 384 g/mol. The van der Waals surface area contributed by atoms with E-state index < -0.39 is 11.9 Å². The number of rotatable bonds is 7. The fraction of sp³-hybridized carbons (Fsp3) is 0.250. The molecule has 2 rings (SSSR count). The number of nitrogens with one attached hydrogen (secondary N) is 1. The summed E-state index contributed by atoms with van der Waals surface area (Å²) in [6.07, 6.45) is 3.14. The van der Waals surface area contributed by atoms with Gasteiger partial charge in [0.25, 0.3) is 5.91 Å². The molecule has 2 aromatic rings. The SMILES string of the molecule is CCCc1cc(C(=O)OC)c(NC(=O)C(C#N)=Cc2ccccc2OC)s1. The number of esters is 1. The van der Waals surface area contributed by atoms with Crippen molar-refractivity contribution in [3.63, 3.8) is 0 Å². The topological polar surface area (TPSA) is 88.4 Å². The zero-order chi connectivity index (χ0) is 19.8. The van der Waals surface area contributed by atoms with E-state index in [1.807, 2.05) is 13.0 Å². The number of hydrogen-bond donors (Lipinski definition) is 1. The highest BCUT2D eigenvalue weighted by Gasteiger charge is 2.20. The second-order valence-corrected chi connectivity index (χ2v) is 6.70. The number of aryl methyl sites for hydroxylation is 1. The molecule has 1 aromatic heterocycles. The maximum absolute atomic E-state index is 12.6. The minimum absolute atomic E-state index is 0.0965. The first-order chi connectivity index (χ1) is 13.0. The molecule has 6 nitrogen and oxygen atoms in total. The second-order valence-electron chi connectivity index (χ2n) is 5.56. The van der Waals surface area contributed by atoms with Crippen molar-refractivity contribution in [3.05, 3.63) is 51.9 Å². The van der Waals surface area contributed by atoms with Gasteiger partial charge >= 0.3 is 5.97 Å². The standard InChI is InChI=1S/C20H20N2O4S/c1-4-7-15-11-16(20(24)26-3)19(27-15)22-18(23)14(12-21)10-13-8-5-6-9-17(13)25-2/h5-6,8-11H,4,7H2,1-3H3,(H,22,23). The number of methoxy groups -OCH3 is 2. The van der Waals surface area contributed by atoms with Crippen LogP contribution in [0.4, 0.5) is 5.00 Å². The summed E-state index contributed by atoms with van der Waals surface area (Å²) in [7, 11) is 2.80. The van der Waals surface area contributed by atoms with Crippen LogP contribution in [0.15, 0.2) is 35.9 Å². The Labute approximate surface area is 162 Å². The molecule has 0 saturated heterocycles. The van der Waals surface area contributed by atoms with Gasteiger partial charge in [0.2, 0.25) is 0 Å². The lowest BCUT2D eigenvalue weighted by Crippen LogP contribution is -2.15. The van der Waals surface area contributed by atoms with E-state index in [-0.39, 0.29) is 11.1 Å². The molecule has 0 aliphatic rings. The summed E-state index contributed by atoms with van der Waals surface area (Å²) >= 11 is 1.30. The predicted octanol–water partition coefficient (Wildman–Crippen LogP) is 4.04. The van der Waals surface area contributed by atoms with Crippen molar-refractivity contribution < 1.29 is 19.1 Å². The molecule has 0 saturated carbocycles. The Kier molecular flexibility index (Phi) is 7.15. The van der Waals surface area contributed by atoms with Crippen molar-refractivity contribution in [1.29, 1.82) is 5.26 Å². The number of hydrogen-bond acceptors (Lipinski definition) is 6. The molecule has 1 heterocycles. The van der Waals surface area contributed by atoms with Crippen LogP contribution in [0, 0.1) is 11.3 Å². The number of carbonyl (C=O) groups excluding carboxylic acids is 2. The number of nitrogens with zero attached hydrogens (tertiary/aromatic N) is 1. The van der Waals surface area contributed by atoms with Gasteiger partial charge in [-0.15, -0.1) is 11.3 Å². The lowest BCUT2D eigenvalue weighted by atomic mass is 10.1. The van der Waals surface area contributed by atoms with E-state index in [2.05, 4.69) is 5.32 Å². The number of amides is 1. The van der Waals surface area contributed by atoms with E-state index in [1.165, 1.54) is 31.6 Å². The molecule has 140 valence electrons. The number of thiophene rings is 1. The molecule has 1 amide bonds. The molecule has 0 aliphatic heterocycles. The molecule has 0 radical (unpaired) electrons. The fourth-order valence-corrected chi connectivity index (χ4v) is 3.57. The Morgan fingerprint density at radius 3 is 2.67 bits per heavy atom. The van der Waals surface area contributed by atoms with Gasteiger partial charge in [-0.05, 0) is 24.6 Å². The minimum atomic E-state index is -0.599. The molecule has 27 heavy (non-hydrogen) atoms. The Bertz CT molecular complexity index is 909. The minimum Gasteiger partial charge on any atom is -0.496 e. The number of benzene rings is 1. The molecule has 0 unspecified atom stereocenters. The predicted molar refractivity (Wildman–Crippen MR) is 105 cm³/mol. The number of carbonyl (C=O) groups is 2. The summed E-state index contributed by atoms with van der Waals surface area (Å²) in [5.74, 6) is -0.579. The number of anilines is 1. The highest BCUT2D eigenvalue weighted by molar-refractivity contribution is 7.16. The van der Waals surface area contributed by atoms with Crippen LogP contribution in [-0.4, -0.2) is 26.1 Å². The molecule has 0 atom stereocenters. The number of para-hydroxylation sites is 1. The quantitative estimate of drug-likeness (QED) is 0.442. The van der Waals surface area contributed by atoms with Crippen LogP contribution in [0.3, 0.4) is 0 Å². The first-order valence-corrected chi connectivity index (χ1v) is 9.12. The molecule has 0 spiro atoms. The molecular formula is C20H20N2O4S. The normalized spacial score (nSPS) is 10.8. The molecule has 0 bridgehead atoms. The van der Waals surface area contributed by atoms with Crippen LogP contribution in [-0.2, 0) is 16.0 Å². The first kappa shape index (κ1) is 20.2. The largest absolute Gasteiger partial charge is 0.496 e. The second kappa shape index (κ2) is 9.55. The third kappa shape index (κ3) is 4.96. The summed E-state index contributed by atoms with van der Waals surface area (Å²) in [6.45, 7) is 2.03. The van der Waals surface area contributed by atoms with Crippen LogP contribution in [0.2, 0.25) is 0 Å². The number of ether oxygens (including phenoxy) is 2. The van der Waals surface area contributed by atoms with Crippen molar-refractivity contribution in [2.45, 2.75) is 19.8 Å². The van der Waals surface area contributed by atoms with Gasteiger partial charge in [-0.3, -0.25) is 4.79 Å². The Morgan fingerprint density at radius 2 is 2.04 bits per heavy atom. The van der Waals surface area contributed by atoms with E-state index >= 15 is 0 Å². The molecule has 1 aromatic carbocycles. The third-order valence-corrected chi connectivity index (χ3v) is 4.83. The van der Waals surface area contributed by atoms with Crippen LogP contribution in [0.5, 0.6) is 5.75 Å². The highest BCUT2D eigenvalue weighted by atomic mass is 32.1. The van der Waals surface area contributed by atoms with Gasteiger partial charge in [-0.25, -0.2) is 4.79 Å². The Balaban J connectivity index is 2.33. The van der Waals surface area contributed by atoms with Crippen LogP contribution < -0.4 is 10.1 Å². The van der Waals surface area contributed by atoms with Crippen LogP contribution >= 0.6 is 11.3 Å². The molecule has 1 N–H and O–H groups in total. The van der Waals surface area contributed by atoms with Crippen molar-refractivity contribution >= 4 is 34.3 Å². The van der Waals surface area contributed by atoms with E-state index in [1.54, 1.807) is 30.3 Å². The summed E-state index contributed by atoms with van der Waals surface area (Å²) in [6, 6.07) is 10.7. The van der Waals surface area contributed by atoms with Gasteiger partial charge in [0.15, 0.2) is 0 Å². The smallest absolute Gasteiger partial charge is 0.340 e. The Hall–Kier alpha value is -3.11. The van der Waals surface area contributed by atoms with Crippen molar-refractivity contribution in [1.82, 2.24) is 0 Å². The van der Waals surface area contributed by atoms with Crippen LogP contribution in [0.1, 0.15) is 34.1 Å².